The zero-order valence-electron chi connectivity index (χ0n) is 14.2. The van der Waals surface area contributed by atoms with Gasteiger partial charge >= 0.3 is 0 Å². The first-order valence-electron chi connectivity index (χ1n) is 8.48. The van der Waals surface area contributed by atoms with E-state index in [4.69, 9.17) is 4.42 Å². The van der Waals surface area contributed by atoms with E-state index in [2.05, 4.69) is 67.4 Å². The van der Waals surface area contributed by atoms with Crippen molar-refractivity contribution in [3.8, 4) is 11.3 Å². The first kappa shape index (κ1) is 14.2. The van der Waals surface area contributed by atoms with Gasteiger partial charge in [0, 0.05) is 27.9 Å². The Balaban J connectivity index is 1.87. The molecule has 0 saturated carbocycles. The van der Waals surface area contributed by atoms with Gasteiger partial charge in [-0.15, -0.1) is 0 Å². The van der Waals surface area contributed by atoms with Gasteiger partial charge in [-0.25, -0.2) is 0 Å². The van der Waals surface area contributed by atoms with Crippen molar-refractivity contribution in [2.75, 3.05) is 0 Å². The number of rotatable bonds is 1. The number of hydrogen-bond donors (Lipinski definition) is 0. The van der Waals surface area contributed by atoms with Crippen molar-refractivity contribution in [3.05, 3.63) is 78.0 Å². The Morgan fingerprint density at radius 1 is 0.720 bits per heavy atom. The van der Waals surface area contributed by atoms with Crippen LogP contribution in [-0.2, 0) is 0 Å². The normalized spacial score (nSPS) is 11.6. The topological polar surface area (TPSA) is 26.0 Å². The van der Waals surface area contributed by atoms with Gasteiger partial charge in [0.1, 0.15) is 11.2 Å². The van der Waals surface area contributed by atoms with Gasteiger partial charge < -0.3 is 4.42 Å². The van der Waals surface area contributed by atoms with Crippen molar-refractivity contribution in [3.63, 3.8) is 0 Å². The van der Waals surface area contributed by atoms with E-state index in [9.17, 15) is 0 Å². The van der Waals surface area contributed by atoms with Crippen LogP contribution in [0.1, 0.15) is 11.1 Å². The summed E-state index contributed by atoms with van der Waals surface area (Å²) in [5.74, 6) is 0. The molecule has 120 valence electrons. The van der Waals surface area contributed by atoms with E-state index >= 15 is 0 Å². The SMILES string of the molecule is Cc1cc(C)cc(-c2nccc3cc4c(cc23)oc2ccccc24)c1. The van der Waals surface area contributed by atoms with Crippen molar-refractivity contribution in [1.82, 2.24) is 4.98 Å². The Hall–Kier alpha value is -3.13. The Labute approximate surface area is 145 Å². The van der Waals surface area contributed by atoms with Gasteiger partial charge in [0.25, 0.3) is 0 Å². The van der Waals surface area contributed by atoms with E-state index in [0.29, 0.717) is 0 Å². The molecule has 2 aromatic heterocycles. The van der Waals surface area contributed by atoms with Crippen LogP contribution in [-0.4, -0.2) is 4.98 Å². The fraction of sp³-hybridized carbons (Fsp3) is 0.0870. The number of para-hydroxylation sites is 1. The second kappa shape index (κ2) is 5.18. The van der Waals surface area contributed by atoms with Crippen molar-refractivity contribution in [2.24, 2.45) is 0 Å². The Morgan fingerprint density at radius 3 is 2.36 bits per heavy atom. The Kier molecular flexibility index (Phi) is 2.95. The van der Waals surface area contributed by atoms with Crippen molar-refractivity contribution in [2.45, 2.75) is 13.8 Å². The molecule has 0 amide bonds. The van der Waals surface area contributed by atoms with Crippen LogP contribution in [0.15, 0.2) is 71.3 Å². The van der Waals surface area contributed by atoms with Crippen LogP contribution in [0.4, 0.5) is 0 Å². The van der Waals surface area contributed by atoms with E-state index in [0.717, 1.165) is 38.6 Å². The molecule has 0 N–H and O–H groups in total. The van der Waals surface area contributed by atoms with Crippen molar-refractivity contribution in [1.29, 1.82) is 0 Å². The maximum absolute atomic E-state index is 6.07. The third-order valence-electron chi connectivity index (χ3n) is 4.76. The molecule has 2 heteroatoms. The maximum atomic E-state index is 6.07. The smallest absolute Gasteiger partial charge is 0.136 e. The van der Waals surface area contributed by atoms with Crippen LogP contribution in [0.25, 0.3) is 44.0 Å². The molecular formula is C23H17NO. The van der Waals surface area contributed by atoms with Crippen molar-refractivity contribution >= 4 is 32.7 Å². The number of hydrogen-bond acceptors (Lipinski definition) is 2. The van der Waals surface area contributed by atoms with E-state index in [-0.39, 0.29) is 0 Å². The number of benzene rings is 3. The summed E-state index contributed by atoms with van der Waals surface area (Å²) in [5.41, 5.74) is 6.49. The fourth-order valence-corrected chi connectivity index (χ4v) is 3.73. The molecule has 0 unspecified atom stereocenters. The van der Waals surface area contributed by atoms with Crippen molar-refractivity contribution < 1.29 is 4.42 Å². The van der Waals surface area contributed by atoms with Crippen LogP contribution >= 0.6 is 0 Å². The van der Waals surface area contributed by atoms with Crippen LogP contribution in [0.5, 0.6) is 0 Å². The van der Waals surface area contributed by atoms with Gasteiger partial charge in [-0.2, -0.15) is 0 Å². The molecule has 25 heavy (non-hydrogen) atoms. The highest BCUT2D eigenvalue weighted by atomic mass is 16.3. The molecule has 2 nitrogen and oxygen atoms in total. The average Bonchev–Trinajstić information content (AvgIpc) is 2.96. The summed E-state index contributed by atoms with van der Waals surface area (Å²) in [7, 11) is 0. The quantitative estimate of drug-likeness (QED) is 0.356. The minimum absolute atomic E-state index is 0.910. The molecule has 0 aliphatic heterocycles. The van der Waals surface area contributed by atoms with Gasteiger partial charge in [0.15, 0.2) is 0 Å². The minimum Gasteiger partial charge on any atom is -0.456 e. The lowest BCUT2D eigenvalue weighted by atomic mass is 9.99. The second-order valence-corrected chi connectivity index (χ2v) is 6.70. The van der Waals surface area contributed by atoms with E-state index < -0.39 is 0 Å². The van der Waals surface area contributed by atoms with Gasteiger partial charge in [0.05, 0.1) is 5.69 Å². The molecule has 0 spiro atoms. The third kappa shape index (κ3) is 2.22. The summed E-state index contributed by atoms with van der Waals surface area (Å²) in [4.78, 5) is 4.68. The minimum atomic E-state index is 0.910. The zero-order valence-corrected chi connectivity index (χ0v) is 14.2. The van der Waals surface area contributed by atoms with Gasteiger partial charge in [-0.1, -0.05) is 35.4 Å². The predicted molar refractivity (Wildman–Crippen MR) is 104 cm³/mol. The van der Waals surface area contributed by atoms with E-state index in [1.165, 1.54) is 16.5 Å². The monoisotopic (exact) mass is 323 g/mol. The highest BCUT2D eigenvalue weighted by molar-refractivity contribution is 6.11. The van der Waals surface area contributed by atoms with Crippen LogP contribution < -0.4 is 0 Å². The van der Waals surface area contributed by atoms with Gasteiger partial charge in [-0.05, 0) is 55.6 Å². The lowest BCUT2D eigenvalue weighted by Gasteiger charge is -2.08. The Morgan fingerprint density at radius 2 is 1.52 bits per heavy atom. The van der Waals surface area contributed by atoms with Crippen LogP contribution in [0.3, 0.4) is 0 Å². The lowest BCUT2D eigenvalue weighted by molar-refractivity contribution is 0.669. The number of nitrogens with zero attached hydrogens (tertiary/aromatic N) is 1. The molecular weight excluding hydrogens is 306 g/mol. The first-order chi connectivity index (χ1) is 12.2. The van der Waals surface area contributed by atoms with Gasteiger partial charge in [0.2, 0.25) is 0 Å². The molecule has 0 aliphatic carbocycles. The van der Waals surface area contributed by atoms with E-state index in [1.807, 2.05) is 18.3 Å². The third-order valence-corrected chi connectivity index (χ3v) is 4.76. The summed E-state index contributed by atoms with van der Waals surface area (Å²) in [6.07, 6.45) is 1.89. The molecule has 2 heterocycles. The summed E-state index contributed by atoms with van der Waals surface area (Å²) >= 11 is 0. The molecule has 0 radical (unpaired) electrons. The number of aromatic nitrogens is 1. The number of fused-ring (bicyclic) bond motifs is 4. The molecule has 0 fully saturated rings. The highest BCUT2D eigenvalue weighted by Crippen LogP contribution is 2.35. The largest absolute Gasteiger partial charge is 0.456 e. The molecule has 0 atom stereocenters. The summed E-state index contributed by atoms with van der Waals surface area (Å²) in [6.45, 7) is 4.25. The molecule has 0 saturated heterocycles. The molecule has 5 aromatic rings. The highest BCUT2D eigenvalue weighted by Gasteiger charge is 2.12. The zero-order chi connectivity index (χ0) is 17.0. The molecule has 3 aromatic carbocycles. The maximum Gasteiger partial charge on any atom is 0.136 e. The number of aryl methyl sites for hydroxylation is 2. The second-order valence-electron chi connectivity index (χ2n) is 6.70. The first-order valence-corrected chi connectivity index (χ1v) is 8.48. The number of pyridine rings is 1. The Bertz CT molecular complexity index is 1240. The summed E-state index contributed by atoms with van der Waals surface area (Å²) in [6, 6.07) is 21.2. The van der Waals surface area contributed by atoms with Crippen LogP contribution in [0.2, 0.25) is 0 Å². The summed E-state index contributed by atoms with van der Waals surface area (Å²) < 4.78 is 6.07. The average molecular weight is 323 g/mol. The molecule has 0 aliphatic rings. The van der Waals surface area contributed by atoms with E-state index in [1.54, 1.807) is 0 Å². The molecule has 0 bridgehead atoms. The standard InChI is InChI=1S/C23H17NO/c1-14-9-15(2)11-17(10-14)23-19-13-22-20(12-16(19)7-8-24-23)18-5-3-4-6-21(18)25-22/h3-13H,1-2H3. The molecule has 5 rings (SSSR count). The lowest BCUT2D eigenvalue weighted by Crippen LogP contribution is -1.88. The fourth-order valence-electron chi connectivity index (χ4n) is 3.73. The van der Waals surface area contributed by atoms with Crippen LogP contribution in [0, 0.1) is 13.8 Å². The summed E-state index contributed by atoms with van der Waals surface area (Å²) in [5, 5.41) is 4.62. The number of furan rings is 1. The predicted octanol–water partition coefficient (Wildman–Crippen LogP) is 6.42. The van der Waals surface area contributed by atoms with Gasteiger partial charge in [-0.3, -0.25) is 4.98 Å².